The molecule has 0 heterocycles. The van der Waals surface area contributed by atoms with Gasteiger partial charge in [0.2, 0.25) is 0 Å². The lowest BCUT2D eigenvalue weighted by Crippen LogP contribution is -2.06. The molecule has 0 radical (unpaired) electrons. The van der Waals surface area contributed by atoms with Crippen molar-refractivity contribution >= 4 is 5.69 Å². The van der Waals surface area contributed by atoms with Crippen LogP contribution in [0.2, 0.25) is 0 Å². The predicted octanol–water partition coefficient (Wildman–Crippen LogP) is 2.86. The van der Waals surface area contributed by atoms with E-state index in [-0.39, 0.29) is 17.0 Å². The van der Waals surface area contributed by atoms with Crippen molar-refractivity contribution in [3.8, 4) is 11.5 Å². The molecule has 0 amide bonds. The van der Waals surface area contributed by atoms with Gasteiger partial charge in [0.1, 0.15) is 23.4 Å². The van der Waals surface area contributed by atoms with Crippen LogP contribution in [0.4, 0.5) is 10.1 Å². The highest BCUT2D eigenvalue weighted by Crippen LogP contribution is 2.36. The Morgan fingerprint density at radius 3 is 2.35 bits per heavy atom. The first kappa shape index (κ1) is 14.1. The molecule has 1 unspecified atom stereocenters. The van der Waals surface area contributed by atoms with E-state index in [0.717, 1.165) is 11.6 Å². The number of benzene rings is 2. The first-order valence-corrected chi connectivity index (χ1v) is 6.01. The van der Waals surface area contributed by atoms with Crippen molar-refractivity contribution in [3.05, 3.63) is 53.3 Å². The number of halogens is 1. The first-order chi connectivity index (χ1) is 9.56. The zero-order valence-electron chi connectivity index (χ0n) is 11.3. The molecule has 4 nitrogen and oxygen atoms in total. The highest BCUT2D eigenvalue weighted by atomic mass is 19.1. The molecule has 3 N–H and O–H groups in total. The number of rotatable bonds is 4. The first-order valence-electron chi connectivity index (χ1n) is 6.01. The molecule has 20 heavy (non-hydrogen) atoms. The van der Waals surface area contributed by atoms with Crippen molar-refractivity contribution < 1.29 is 19.0 Å². The Labute approximate surface area is 116 Å². The predicted molar refractivity (Wildman–Crippen MR) is 74.3 cm³/mol. The molecule has 0 saturated carbocycles. The van der Waals surface area contributed by atoms with E-state index in [4.69, 9.17) is 15.2 Å². The number of anilines is 1. The molecule has 106 valence electrons. The number of nitrogen functional groups attached to an aromatic ring is 1. The van der Waals surface area contributed by atoms with E-state index in [0.29, 0.717) is 5.75 Å². The van der Waals surface area contributed by atoms with E-state index >= 15 is 0 Å². The lowest BCUT2D eigenvalue weighted by Gasteiger charge is -2.18. The number of phenolic OH excluding ortho intramolecular Hbond substituents is 1. The minimum Gasteiger partial charge on any atom is -0.505 e. The number of hydrogen-bond acceptors (Lipinski definition) is 4. The van der Waals surface area contributed by atoms with Crippen LogP contribution in [0.15, 0.2) is 36.4 Å². The Bertz CT molecular complexity index is 599. The maximum atomic E-state index is 13.5. The average molecular weight is 277 g/mol. The Hall–Kier alpha value is -2.27. The van der Waals surface area contributed by atoms with E-state index in [1.807, 2.05) is 0 Å². The molecule has 1 atom stereocenters. The Morgan fingerprint density at radius 1 is 1.15 bits per heavy atom. The van der Waals surface area contributed by atoms with Gasteiger partial charge in [0.15, 0.2) is 0 Å². The van der Waals surface area contributed by atoms with Crippen LogP contribution in [0.3, 0.4) is 0 Å². The molecule has 2 aromatic rings. The number of ether oxygens (including phenoxy) is 2. The molecular formula is C15H16FNO3. The second-order valence-electron chi connectivity index (χ2n) is 4.32. The summed E-state index contributed by atoms with van der Waals surface area (Å²) < 4.78 is 23.9. The van der Waals surface area contributed by atoms with E-state index in [9.17, 15) is 9.50 Å². The standard InChI is InChI=1S/C15H16FNO3/c1-19-11-5-3-9(4-6-11)15(20-2)12-7-10(16)8-13(17)14(12)18/h3-8,15,18H,17H2,1-2H3. The fraction of sp³-hybridized carbons (Fsp3) is 0.200. The number of methoxy groups -OCH3 is 2. The minimum absolute atomic E-state index is 0.0180. The second kappa shape index (κ2) is 5.79. The molecule has 0 saturated heterocycles. The maximum Gasteiger partial charge on any atom is 0.144 e. The maximum absolute atomic E-state index is 13.5. The SMILES string of the molecule is COc1ccc(C(OC)c2cc(F)cc(N)c2O)cc1. The number of aromatic hydroxyl groups is 1. The molecule has 0 fully saturated rings. The largest absolute Gasteiger partial charge is 0.505 e. The Kier molecular flexibility index (Phi) is 4.10. The van der Waals surface area contributed by atoms with Crippen LogP contribution in [0, 0.1) is 5.82 Å². The van der Waals surface area contributed by atoms with Crippen LogP contribution in [-0.4, -0.2) is 19.3 Å². The van der Waals surface area contributed by atoms with Crippen LogP contribution in [-0.2, 0) is 4.74 Å². The molecule has 0 aliphatic rings. The van der Waals surface area contributed by atoms with Crippen molar-refractivity contribution in [2.75, 3.05) is 20.0 Å². The lowest BCUT2D eigenvalue weighted by atomic mass is 9.99. The van der Waals surface area contributed by atoms with Crippen LogP contribution in [0.25, 0.3) is 0 Å². The van der Waals surface area contributed by atoms with E-state index in [1.54, 1.807) is 31.4 Å². The van der Waals surface area contributed by atoms with Gasteiger partial charge in [-0.1, -0.05) is 12.1 Å². The zero-order chi connectivity index (χ0) is 14.7. The van der Waals surface area contributed by atoms with Gasteiger partial charge < -0.3 is 20.3 Å². The van der Waals surface area contributed by atoms with Crippen LogP contribution < -0.4 is 10.5 Å². The van der Waals surface area contributed by atoms with Crippen LogP contribution in [0.1, 0.15) is 17.2 Å². The van der Waals surface area contributed by atoms with Gasteiger partial charge in [0.25, 0.3) is 0 Å². The summed E-state index contributed by atoms with van der Waals surface area (Å²) in [4.78, 5) is 0. The summed E-state index contributed by atoms with van der Waals surface area (Å²) in [7, 11) is 3.05. The smallest absolute Gasteiger partial charge is 0.144 e. The van der Waals surface area contributed by atoms with Gasteiger partial charge in [-0.25, -0.2) is 4.39 Å². The van der Waals surface area contributed by atoms with Gasteiger partial charge in [-0.2, -0.15) is 0 Å². The van der Waals surface area contributed by atoms with Gasteiger partial charge in [0.05, 0.1) is 12.8 Å². The van der Waals surface area contributed by atoms with E-state index < -0.39 is 11.9 Å². The van der Waals surface area contributed by atoms with Crippen molar-refractivity contribution in [1.82, 2.24) is 0 Å². The molecular weight excluding hydrogens is 261 g/mol. The Balaban J connectivity index is 2.46. The van der Waals surface area contributed by atoms with Gasteiger partial charge in [-0.05, 0) is 23.8 Å². The molecule has 0 aliphatic carbocycles. The number of phenols is 1. The summed E-state index contributed by atoms with van der Waals surface area (Å²) in [6, 6.07) is 9.38. The van der Waals surface area contributed by atoms with Crippen LogP contribution in [0.5, 0.6) is 11.5 Å². The summed E-state index contributed by atoms with van der Waals surface area (Å²) in [5, 5.41) is 9.99. The fourth-order valence-electron chi connectivity index (χ4n) is 2.06. The minimum atomic E-state index is -0.612. The van der Waals surface area contributed by atoms with E-state index in [2.05, 4.69) is 0 Å². The quantitative estimate of drug-likeness (QED) is 0.666. The van der Waals surface area contributed by atoms with Crippen molar-refractivity contribution in [1.29, 1.82) is 0 Å². The molecule has 2 rings (SSSR count). The number of hydrogen-bond donors (Lipinski definition) is 2. The van der Waals surface area contributed by atoms with Gasteiger partial charge in [0, 0.05) is 18.7 Å². The zero-order valence-corrected chi connectivity index (χ0v) is 11.3. The molecule has 0 spiro atoms. The third-order valence-corrected chi connectivity index (χ3v) is 3.07. The highest BCUT2D eigenvalue weighted by Gasteiger charge is 2.20. The summed E-state index contributed by atoms with van der Waals surface area (Å²) in [5.74, 6) is 0.00603. The van der Waals surface area contributed by atoms with Crippen LogP contribution >= 0.6 is 0 Å². The molecule has 0 aromatic heterocycles. The van der Waals surface area contributed by atoms with Crippen molar-refractivity contribution in [3.63, 3.8) is 0 Å². The molecule has 0 aliphatic heterocycles. The molecule has 2 aromatic carbocycles. The summed E-state index contributed by atoms with van der Waals surface area (Å²) in [6.45, 7) is 0. The molecule has 0 bridgehead atoms. The van der Waals surface area contributed by atoms with E-state index in [1.165, 1.54) is 13.2 Å². The summed E-state index contributed by atoms with van der Waals surface area (Å²) in [5.41, 5.74) is 6.60. The monoisotopic (exact) mass is 277 g/mol. The second-order valence-corrected chi connectivity index (χ2v) is 4.32. The highest BCUT2D eigenvalue weighted by molar-refractivity contribution is 5.58. The summed E-state index contributed by atoms with van der Waals surface area (Å²) in [6.07, 6.45) is -0.612. The third kappa shape index (κ3) is 2.67. The normalized spacial score (nSPS) is 12.2. The van der Waals surface area contributed by atoms with Gasteiger partial charge >= 0.3 is 0 Å². The average Bonchev–Trinajstić information content (AvgIpc) is 2.45. The Morgan fingerprint density at radius 2 is 1.80 bits per heavy atom. The summed E-state index contributed by atoms with van der Waals surface area (Å²) >= 11 is 0. The molecule has 5 heteroatoms. The van der Waals surface area contributed by atoms with Gasteiger partial charge in [-0.15, -0.1) is 0 Å². The topological polar surface area (TPSA) is 64.7 Å². The van der Waals surface area contributed by atoms with Crippen molar-refractivity contribution in [2.24, 2.45) is 0 Å². The third-order valence-electron chi connectivity index (χ3n) is 3.07. The van der Waals surface area contributed by atoms with Gasteiger partial charge in [-0.3, -0.25) is 0 Å². The fourth-order valence-corrected chi connectivity index (χ4v) is 2.06. The van der Waals surface area contributed by atoms with Crippen molar-refractivity contribution in [2.45, 2.75) is 6.10 Å². The number of nitrogens with two attached hydrogens (primary N) is 1. The lowest BCUT2D eigenvalue weighted by molar-refractivity contribution is 0.133.